The van der Waals surface area contributed by atoms with Crippen LogP contribution < -0.4 is 5.73 Å². The van der Waals surface area contributed by atoms with Gasteiger partial charge in [-0.05, 0) is 37.9 Å². The standard InChI is InChI=1S/C13H16ClN3/c14-10-3-1-4-11-13(10)17(9-6-7-9)12(16-11)5-2-8-15/h1,3-4,9H,2,5-8,15H2. The molecular weight excluding hydrogens is 234 g/mol. The Balaban J connectivity index is 2.14. The molecule has 3 rings (SSSR count). The van der Waals surface area contributed by atoms with Crippen LogP contribution in [0.5, 0.6) is 0 Å². The van der Waals surface area contributed by atoms with E-state index in [9.17, 15) is 0 Å². The van der Waals surface area contributed by atoms with Crippen LogP contribution in [0.1, 0.15) is 31.1 Å². The Morgan fingerprint density at radius 3 is 2.94 bits per heavy atom. The predicted molar refractivity (Wildman–Crippen MR) is 70.4 cm³/mol. The first kappa shape index (κ1) is 11.1. The zero-order valence-corrected chi connectivity index (χ0v) is 10.5. The smallest absolute Gasteiger partial charge is 0.110 e. The van der Waals surface area contributed by atoms with Gasteiger partial charge in [0.1, 0.15) is 5.82 Å². The van der Waals surface area contributed by atoms with Gasteiger partial charge in [-0.3, -0.25) is 0 Å². The van der Waals surface area contributed by atoms with Crippen molar-refractivity contribution in [2.45, 2.75) is 31.7 Å². The van der Waals surface area contributed by atoms with E-state index in [1.54, 1.807) is 0 Å². The molecule has 0 unspecified atom stereocenters. The quantitative estimate of drug-likeness (QED) is 0.906. The number of imidazole rings is 1. The lowest BCUT2D eigenvalue weighted by atomic mass is 10.3. The van der Waals surface area contributed by atoms with E-state index in [0.29, 0.717) is 12.6 Å². The van der Waals surface area contributed by atoms with Gasteiger partial charge in [0.05, 0.1) is 16.1 Å². The van der Waals surface area contributed by atoms with Gasteiger partial charge in [-0.1, -0.05) is 17.7 Å². The number of halogens is 1. The lowest BCUT2D eigenvalue weighted by Crippen LogP contribution is -2.06. The highest BCUT2D eigenvalue weighted by atomic mass is 35.5. The third kappa shape index (κ3) is 1.94. The van der Waals surface area contributed by atoms with Crippen molar-refractivity contribution in [3.05, 3.63) is 29.0 Å². The molecule has 0 amide bonds. The van der Waals surface area contributed by atoms with Crippen molar-refractivity contribution in [3.8, 4) is 0 Å². The van der Waals surface area contributed by atoms with Crippen molar-refractivity contribution >= 4 is 22.6 Å². The van der Waals surface area contributed by atoms with Gasteiger partial charge in [0.25, 0.3) is 0 Å². The number of benzene rings is 1. The van der Waals surface area contributed by atoms with Crippen LogP contribution in [-0.4, -0.2) is 16.1 Å². The van der Waals surface area contributed by atoms with Crippen LogP contribution in [0.2, 0.25) is 5.02 Å². The summed E-state index contributed by atoms with van der Waals surface area (Å²) in [5, 5.41) is 0.806. The van der Waals surface area contributed by atoms with E-state index in [0.717, 1.165) is 34.7 Å². The van der Waals surface area contributed by atoms with Gasteiger partial charge >= 0.3 is 0 Å². The fraction of sp³-hybridized carbons (Fsp3) is 0.462. The maximum absolute atomic E-state index is 6.30. The highest BCUT2D eigenvalue weighted by Gasteiger charge is 2.28. The van der Waals surface area contributed by atoms with E-state index in [2.05, 4.69) is 4.57 Å². The van der Waals surface area contributed by atoms with Crippen LogP contribution >= 0.6 is 11.6 Å². The highest BCUT2D eigenvalue weighted by Crippen LogP contribution is 2.40. The summed E-state index contributed by atoms with van der Waals surface area (Å²) in [6.07, 6.45) is 4.41. The molecule has 3 nitrogen and oxygen atoms in total. The average Bonchev–Trinajstić information content (AvgIpc) is 3.08. The minimum Gasteiger partial charge on any atom is -0.330 e. The molecule has 1 heterocycles. The molecule has 0 spiro atoms. The van der Waals surface area contributed by atoms with Gasteiger partial charge in [0.15, 0.2) is 0 Å². The molecule has 1 aliphatic carbocycles. The number of hydrogen-bond acceptors (Lipinski definition) is 2. The van der Waals surface area contributed by atoms with Gasteiger partial charge in [-0.2, -0.15) is 0 Å². The van der Waals surface area contributed by atoms with E-state index in [1.165, 1.54) is 12.8 Å². The third-order valence-corrected chi connectivity index (χ3v) is 3.56. The van der Waals surface area contributed by atoms with Crippen LogP contribution in [0.25, 0.3) is 11.0 Å². The first-order valence-electron chi connectivity index (χ1n) is 6.16. The molecule has 1 saturated carbocycles. The summed E-state index contributed by atoms with van der Waals surface area (Å²) in [5.41, 5.74) is 7.69. The fourth-order valence-corrected chi connectivity index (χ4v) is 2.58. The third-order valence-electron chi connectivity index (χ3n) is 3.25. The second-order valence-corrected chi connectivity index (χ2v) is 5.04. The molecule has 0 aliphatic heterocycles. The lowest BCUT2D eigenvalue weighted by Gasteiger charge is -2.07. The summed E-state index contributed by atoms with van der Waals surface area (Å²) in [5.74, 6) is 1.14. The summed E-state index contributed by atoms with van der Waals surface area (Å²) in [6, 6.07) is 6.54. The summed E-state index contributed by atoms with van der Waals surface area (Å²) >= 11 is 6.30. The maximum atomic E-state index is 6.30. The molecular formula is C13H16ClN3. The Bertz CT molecular complexity index is 543. The Hall–Kier alpha value is -1.06. The number of fused-ring (bicyclic) bond motifs is 1. The van der Waals surface area contributed by atoms with Crippen molar-refractivity contribution in [2.24, 2.45) is 5.73 Å². The molecule has 1 aromatic carbocycles. The number of para-hydroxylation sites is 1. The molecule has 0 saturated heterocycles. The van der Waals surface area contributed by atoms with Gasteiger partial charge in [-0.15, -0.1) is 0 Å². The van der Waals surface area contributed by atoms with E-state index >= 15 is 0 Å². The van der Waals surface area contributed by atoms with E-state index < -0.39 is 0 Å². The van der Waals surface area contributed by atoms with Gasteiger partial charge in [0, 0.05) is 12.5 Å². The minimum atomic E-state index is 0.604. The summed E-state index contributed by atoms with van der Waals surface area (Å²) in [7, 11) is 0. The number of aryl methyl sites for hydroxylation is 1. The van der Waals surface area contributed by atoms with Crippen LogP contribution in [0.15, 0.2) is 18.2 Å². The summed E-state index contributed by atoms with van der Waals surface area (Å²) in [4.78, 5) is 4.70. The van der Waals surface area contributed by atoms with E-state index in [-0.39, 0.29) is 0 Å². The van der Waals surface area contributed by atoms with E-state index in [4.69, 9.17) is 22.3 Å². The molecule has 1 aromatic heterocycles. The molecule has 17 heavy (non-hydrogen) atoms. The predicted octanol–water partition coefficient (Wildman–Crippen LogP) is 2.92. The highest BCUT2D eigenvalue weighted by molar-refractivity contribution is 6.35. The molecule has 1 aliphatic rings. The Kier molecular flexibility index (Phi) is 2.81. The maximum Gasteiger partial charge on any atom is 0.110 e. The largest absolute Gasteiger partial charge is 0.330 e. The van der Waals surface area contributed by atoms with E-state index in [1.807, 2.05) is 18.2 Å². The molecule has 2 N–H and O–H groups in total. The Morgan fingerprint density at radius 2 is 2.24 bits per heavy atom. The molecule has 0 atom stereocenters. The molecule has 0 radical (unpaired) electrons. The van der Waals surface area contributed by atoms with Crippen LogP contribution in [0.3, 0.4) is 0 Å². The normalized spacial score (nSPS) is 15.6. The molecule has 0 bridgehead atoms. The van der Waals surface area contributed by atoms with Crippen molar-refractivity contribution in [3.63, 3.8) is 0 Å². The minimum absolute atomic E-state index is 0.604. The van der Waals surface area contributed by atoms with Gasteiger partial charge in [-0.25, -0.2) is 4.98 Å². The summed E-state index contributed by atoms with van der Waals surface area (Å²) < 4.78 is 2.33. The number of nitrogens with two attached hydrogens (primary N) is 1. The van der Waals surface area contributed by atoms with Crippen molar-refractivity contribution in [1.29, 1.82) is 0 Å². The number of nitrogens with zero attached hydrogens (tertiary/aromatic N) is 2. The van der Waals surface area contributed by atoms with Crippen LogP contribution in [0.4, 0.5) is 0 Å². The molecule has 1 fully saturated rings. The lowest BCUT2D eigenvalue weighted by molar-refractivity contribution is 0.674. The first-order valence-corrected chi connectivity index (χ1v) is 6.54. The topological polar surface area (TPSA) is 43.8 Å². The number of rotatable bonds is 4. The zero-order chi connectivity index (χ0) is 11.8. The average molecular weight is 250 g/mol. The van der Waals surface area contributed by atoms with Crippen LogP contribution in [-0.2, 0) is 6.42 Å². The van der Waals surface area contributed by atoms with Crippen LogP contribution in [0, 0.1) is 0 Å². The number of hydrogen-bond donors (Lipinski definition) is 1. The Morgan fingerprint density at radius 1 is 1.41 bits per heavy atom. The number of aromatic nitrogens is 2. The van der Waals surface area contributed by atoms with Gasteiger partial charge in [0.2, 0.25) is 0 Å². The fourth-order valence-electron chi connectivity index (χ4n) is 2.32. The molecule has 4 heteroatoms. The molecule has 90 valence electrons. The van der Waals surface area contributed by atoms with Gasteiger partial charge < -0.3 is 10.3 Å². The zero-order valence-electron chi connectivity index (χ0n) is 9.69. The monoisotopic (exact) mass is 249 g/mol. The van der Waals surface area contributed by atoms with Crippen molar-refractivity contribution < 1.29 is 0 Å². The Labute approximate surface area is 106 Å². The van der Waals surface area contributed by atoms with Crippen molar-refractivity contribution in [2.75, 3.05) is 6.54 Å². The molecule has 2 aromatic rings. The second-order valence-electron chi connectivity index (χ2n) is 4.63. The SMILES string of the molecule is NCCCc1nc2cccc(Cl)c2n1C1CC1. The first-order chi connectivity index (χ1) is 8.31. The summed E-state index contributed by atoms with van der Waals surface area (Å²) in [6.45, 7) is 0.710. The second kappa shape index (κ2) is 4.31. The van der Waals surface area contributed by atoms with Crippen molar-refractivity contribution in [1.82, 2.24) is 9.55 Å².